The Morgan fingerprint density at radius 2 is 1.16 bits per heavy atom. The zero-order chi connectivity index (χ0) is 29.5. The predicted octanol–water partition coefficient (Wildman–Crippen LogP) is 10.2. The van der Waals surface area contributed by atoms with Crippen LogP contribution in [0.2, 0.25) is 0 Å². The van der Waals surface area contributed by atoms with Gasteiger partial charge in [0.2, 0.25) is 0 Å². The Morgan fingerprint density at radius 3 is 1.41 bits per heavy atom. The summed E-state index contributed by atoms with van der Waals surface area (Å²) >= 11 is 0. The molecule has 0 aromatic heterocycles. The minimum absolute atomic E-state index is 0.0417. The number of hydrogen-bond acceptors (Lipinski definition) is 3. The van der Waals surface area contributed by atoms with Crippen LogP contribution in [0.3, 0.4) is 0 Å². The maximum absolute atomic E-state index is 11.3. The van der Waals surface area contributed by atoms with Gasteiger partial charge in [0.05, 0.1) is 18.5 Å². The van der Waals surface area contributed by atoms with Crippen LogP contribution in [0.1, 0.15) is 112 Å². The Balaban J connectivity index is -0.000000283. The molecule has 0 heterocycles. The minimum Gasteiger partial charge on any atom is -0.379 e. The van der Waals surface area contributed by atoms with Crippen molar-refractivity contribution < 1.29 is 13.9 Å². The predicted molar refractivity (Wildman–Crippen MR) is 165 cm³/mol. The summed E-state index contributed by atoms with van der Waals surface area (Å²) in [6, 6.07) is 19.8. The number of rotatable bonds is 8. The third-order valence-electron chi connectivity index (χ3n) is 4.51. The van der Waals surface area contributed by atoms with Gasteiger partial charge in [-0.2, -0.15) is 0 Å². The maximum atomic E-state index is 11.3. The summed E-state index contributed by atoms with van der Waals surface area (Å²) in [6.07, 6.45) is 6.50. The number of benzene rings is 2. The lowest BCUT2D eigenvalue weighted by Crippen LogP contribution is -2.15. The molecule has 0 saturated carbocycles. The molecule has 1 unspecified atom stereocenters. The number of halogens is 1. The lowest BCUT2D eigenvalue weighted by molar-refractivity contribution is -0.108. The third-order valence-corrected chi connectivity index (χ3v) is 4.51. The molecule has 0 spiro atoms. The van der Waals surface area contributed by atoms with E-state index in [0.29, 0.717) is 7.18 Å². The summed E-state index contributed by atoms with van der Waals surface area (Å²) in [4.78, 5) is 16.0. The first-order chi connectivity index (χ1) is 17.8. The second-order valence-corrected chi connectivity index (χ2v) is 8.37. The molecule has 1 atom stereocenters. The zero-order valence-corrected chi connectivity index (χ0v) is 26.1. The molecule has 0 amide bonds. The van der Waals surface area contributed by atoms with E-state index in [9.17, 15) is 9.18 Å². The van der Waals surface area contributed by atoms with Crippen molar-refractivity contribution in [2.75, 3.05) is 14.3 Å². The number of aliphatic imine (C=N–C) groups is 1. The Hall–Kier alpha value is -2.33. The molecule has 214 valence electrons. The van der Waals surface area contributed by atoms with Crippen molar-refractivity contribution >= 4 is 12.0 Å². The van der Waals surface area contributed by atoms with Crippen LogP contribution in [-0.4, -0.2) is 37.9 Å². The Kier molecular flexibility index (Phi) is 35.8. The van der Waals surface area contributed by atoms with E-state index >= 15 is 0 Å². The Bertz CT molecular complexity index is 667. The number of alkyl halides is 1. The fourth-order valence-corrected chi connectivity index (χ4v) is 2.25. The van der Waals surface area contributed by atoms with Crippen molar-refractivity contribution in [2.24, 2.45) is 4.99 Å². The quantitative estimate of drug-likeness (QED) is 0.257. The van der Waals surface area contributed by atoms with Crippen molar-refractivity contribution in [1.82, 2.24) is 0 Å². The van der Waals surface area contributed by atoms with Gasteiger partial charge in [-0.25, -0.2) is 0 Å². The fraction of sp³-hybridized carbons (Fsp3) is 0.576. The van der Waals surface area contributed by atoms with Crippen LogP contribution in [0.5, 0.6) is 0 Å². The van der Waals surface area contributed by atoms with E-state index < -0.39 is 0 Å². The van der Waals surface area contributed by atoms with Crippen LogP contribution in [0.15, 0.2) is 65.7 Å². The highest BCUT2D eigenvalue weighted by atomic mass is 19.1. The topological polar surface area (TPSA) is 38.7 Å². The maximum Gasteiger partial charge on any atom is 0.144 e. The van der Waals surface area contributed by atoms with Crippen LogP contribution >= 0.6 is 0 Å². The normalized spacial score (nSPS) is 9.86. The molecule has 0 radical (unpaired) electrons. The molecule has 37 heavy (non-hydrogen) atoms. The molecule has 3 nitrogen and oxygen atoms in total. The van der Waals surface area contributed by atoms with Crippen molar-refractivity contribution in [1.29, 1.82) is 0 Å². The zero-order valence-electron chi connectivity index (χ0n) is 26.1. The molecule has 2 aromatic rings. The van der Waals surface area contributed by atoms with Gasteiger partial charge >= 0.3 is 0 Å². The summed E-state index contributed by atoms with van der Waals surface area (Å²) < 4.78 is 14.4. The van der Waals surface area contributed by atoms with Crippen molar-refractivity contribution in [2.45, 2.75) is 113 Å². The van der Waals surface area contributed by atoms with Gasteiger partial charge in [0, 0.05) is 18.2 Å². The number of nitrogens with zero attached hydrogens (tertiary/aromatic N) is 1. The van der Waals surface area contributed by atoms with Crippen molar-refractivity contribution in [3.63, 3.8) is 0 Å². The standard InChI is InChI=1S/C19H21NO.C5H12O.C4H10.2C2H6.CH3F/c1-2-3-14-18(15-21)20-19(16-10-6-4-7-11-16)17-12-8-5-9-13-17;1-5(2,3)6-4;1-3-4-2;3*1-2/h4-13,15,18H,2-3,14H2,1H3;1-4H3;3-4H2,1-2H3;2*1-2H3;1H3. The van der Waals surface area contributed by atoms with Crippen LogP contribution in [0.25, 0.3) is 0 Å². The number of ether oxygens (including phenoxy) is 1. The average molecular weight is 520 g/mol. The lowest BCUT2D eigenvalue weighted by Gasteiger charge is -2.14. The first-order valence-corrected chi connectivity index (χ1v) is 13.9. The summed E-state index contributed by atoms with van der Waals surface area (Å²) in [5.41, 5.74) is 3.03. The van der Waals surface area contributed by atoms with Gasteiger partial charge in [-0.1, -0.05) is 135 Å². The van der Waals surface area contributed by atoms with Crippen LogP contribution in [-0.2, 0) is 9.53 Å². The molecule has 0 aliphatic rings. The molecule has 0 aliphatic carbocycles. The smallest absolute Gasteiger partial charge is 0.144 e. The Morgan fingerprint density at radius 1 is 0.811 bits per heavy atom. The molecular weight excluding hydrogens is 461 g/mol. The summed E-state index contributed by atoms with van der Waals surface area (Å²) in [6.45, 7) is 20.5. The van der Waals surface area contributed by atoms with E-state index in [1.54, 1.807) is 7.11 Å². The first-order valence-electron chi connectivity index (χ1n) is 13.9. The summed E-state index contributed by atoms with van der Waals surface area (Å²) in [5.74, 6) is 0. The number of methoxy groups -OCH3 is 1. The molecule has 0 saturated heterocycles. The van der Waals surface area contributed by atoms with Gasteiger partial charge in [-0.3, -0.25) is 9.38 Å². The van der Waals surface area contributed by atoms with Crippen molar-refractivity contribution in [3.05, 3.63) is 71.8 Å². The molecule has 2 aromatic carbocycles. The fourth-order valence-electron chi connectivity index (χ4n) is 2.25. The lowest BCUT2D eigenvalue weighted by atomic mass is 10.0. The van der Waals surface area contributed by atoms with Gasteiger partial charge in [-0.05, 0) is 27.2 Å². The summed E-state index contributed by atoms with van der Waals surface area (Å²) in [5, 5.41) is 0. The second kappa shape index (κ2) is 31.7. The van der Waals surface area contributed by atoms with Gasteiger partial charge in [0.15, 0.2) is 0 Å². The van der Waals surface area contributed by atoms with Gasteiger partial charge < -0.3 is 9.53 Å². The number of aldehydes is 1. The van der Waals surface area contributed by atoms with Gasteiger partial charge in [0.25, 0.3) is 0 Å². The molecule has 0 fully saturated rings. The largest absolute Gasteiger partial charge is 0.379 e. The first kappa shape index (κ1) is 41.8. The number of carbonyl (C=O) groups is 1. The van der Waals surface area contributed by atoms with Crippen molar-refractivity contribution in [3.8, 4) is 0 Å². The minimum atomic E-state index is -0.264. The average Bonchev–Trinajstić information content (AvgIpc) is 2.97. The third kappa shape index (κ3) is 26.5. The number of carbonyl (C=O) groups excluding carboxylic acids is 1. The Labute approximate surface area is 230 Å². The second-order valence-electron chi connectivity index (χ2n) is 8.37. The number of hydrogen-bond donors (Lipinski definition) is 0. The summed E-state index contributed by atoms with van der Waals surface area (Å²) in [7, 11) is 2.21. The highest BCUT2D eigenvalue weighted by molar-refractivity contribution is 6.13. The van der Waals surface area contributed by atoms with E-state index in [1.807, 2.05) is 109 Å². The van der Waals surface area contributed by atoms with Crippen LogP contribution in [0, 0.1) is 0 Å². The van der Waals surface area contributed by atoms with Crippen LogP contribution < -0.4 is 0 Å². The van der Waals surface area contributed by atoms with Gasteiger partial charge in [0.1, 0.15) is 12.3 Å². The van der Waals surface area contributed by atoms with Gasteiger partial charge in [-0.15, -0.1) is 0 Å². The molecular formula is C33H58FNO2. The van der Waals surface area contributed by atoms with E-state index in [1.165, 1.54) is 12.8 Å². The molecule has 0 aliphatic heterocycles. The van der Waals surface area contributed by atoms with E-state index in [-0.39, 0.29) is 11.6 Å². The highest BCUT2D eigenvalue weighted by Crippen LogP contribution is 2.14. The molecule has 4 heteroatoms. The van der Waals surface area contributed by atoms with E-state index in [0.717, 1.165) is 42.4 Å². The van der Waals surface area contributed by atoms with Crippen LogP contribution in [0.4, 0.5) is 4.39 Å². The monoisotopic (exact) mass is 519 g/mol. The van der Waals surface area contributed by atoms with E-state index in [4.69, 9.17) is 9.73 Å². The molecule has 0 N–H and O–H groups in total. The molecule has 2 rings (SSSR count). The SMILES string of the molecule is CC.CC.CCCC.CCCCC(C=O)N=C(c1ccccc1)c1ccccc1.CF.COC(C)(C)C. The molecule has 0 bridgehead atoms. The highest BCUT2D eigenvalue weighted by Gasteiger charge is 2.11. The number of unbranched alkanes of at least 4 members (excludes halogenated alkanes) is 2. The van der Waals surface area contributed by atoms with E-state index in [2.05, 4.69) is 20.8 Å².